The van der Waals surface area contributed by atoms with Gasteiger partial charge in [-0.15, -0.1) is 0 Å². The lowest BCUT2D eigenvalue weighted by molar-refractivity contribution is -0.138. The van der Waals surface area contributed by atoms with Crippen molar-refractivity contribution in [1.82, 2.24) is 0 Å². The third kappa shape index (κ3) is 17.1. The monoisotopic (exact) mass is 260 g/mol. The molecule has 6 heteroatoms. The molecule has 0 aromatic rings. The Morgan fingerprint density at radius 2 is 1.50 bits per heavy atom. The smallest absolute Gasteiger partial charge is 0.320 e. The van der Waals surface area contributed by atoms with Crippen molar-refractivity contribution < 1.29 is 19.5 Å². The molecule has 0 fully saturated rings. The number of hydrogen-bond acceptors (Lipinski definition) is 5. The molecule has 0 amide bonds. The van der Waals surface area contributed by atoms with Crippen molar-refractivity contribution in [1.29, 1.82) is 0 Å². The quantitative estimate of drug-likeness (QED) is 0.545. The minimum absolute atomic E-state index is 0.0835. The van der Waals surface area contributed by atoms with E-state index in [1.807, 2.05) is 0 Å². The molecular formula is C12H24N2O4. The first-order valence-corrected chi connectivity index (χ1v) is 5.98. The normalized spacial score (nSPS) is 11.1. The maximum atomic E-state index is 10.2. The van der Waals surface area contributed by atoms with Gasteiger partial charge < -0.3 is 26.2 Å². The summed E-state index contributed by atoms with van der Waals surface area (Å²) in [6, 6.07) is -0.716. The number of aliphatic carboxylic acids is 1. The fourth-order valence-corrected chi connectivity index (χ4v) is 0.984. The molecule has 0 aromatic carbocycles. The van der Waals surface area contributed by atoms with Crippen LogP contribution in [0.4, 0.5) is 0 Å². The minimum Gasteiger partial charge on any atom is -0.480 e. The Bertz CT molecular complexity index is 253. The Labute approximate surface area is 108 Å². The predicted octanol–water partition coefficient (Wildman–Crippen LogP) is 0.472. The zero-order chi connectivity index (χ0) is 14.6. The van der Waals surface area contributed by atoms with Gasteiger partial charge in [0.15, 0.2) is 0 Å². The summed E-state index contributed by atoms with van der Waals surface area (Å²) in [5.41, 5.74) is 10.4. The molecule has 0 saturated heterocycles. The molecule has 0 aliphatic heterocycles. The van der Waals surface area contributed by atoms with Crippen LogP contribution in [0.25, 0.3) is 0 Å². The van der Waals surface area contributed by atoms with E-state index in [0.29, 0.717) is 25.8 Å². The molecule has 0 saturated carbocycles. The number of nitrogens with two attached hydrogens (primary N) is 2. The molecule has 106 valence electrons. The Kier molecular flexibility index (Phi) is 12.9. The Balaban J connectivity index is 0. The lowest BCUT2D eigenvalue weighted by atomic mass is 10.1. The first-order valence-electron chi connectivity index (χ1n) is 5.98. The third-order valence-electron chi connectivity index (χ3n) is 2.12. The van der Waals surface area contributed by atoms with E-state index in [0.717, 1.165) is 12.8 Å². The molecule has 0 aliphatic rings. The number of carbonyl (C=O) groups excluding carboxylic acids is 2. The maximum absolute atomic E-state index is 10.2. The first kappa shape index (κ1) is 19.1. The first-order chi connectivity index (χ1) is 8.31. The summed E-state index contributed by atoms with van der Waals surface area (Å²) in [5, 5.41) is 8.33. The molecular weight excluding hydrogens is 236 g/mol. The SMILES string of the molecule is CC(=O)CCC(C)=O.NCCCC[C@H](N)C(=O)O. The summed E-state index contributed by atoms with van der Waals surface area (Å²) in [6.07, 6.45) is 2.96. The van der Waals surface area contributed by atoms with E-state index >= 15 is 0 Å². The molecule has 0 heterocycles. The number of carboxylic acid groups (broad SMARTS) is 1. The molecule has 0 radical (unpaired) electrons. The van der Waals surface area contributed by atoms with E-state index in [1.54, 1.807) is 0 Å². The highest BCUT2D eigenvalue weighted by Crippen LogP contribution is 1.96. The number of carbonyl (C=O) groups is 3. The van der Waals surface area contributed by atoms with Crippen LogP contribution in [0.2, 0.25) is 0 Å². The van der Waals surface area contributed by atoms with Crippen molar-refractivity contribution in [2.24, 2.45) is 11.5 Å². The number of ketones is 2. The average Bonchev–Trinajstić information content (AvgIpc) is 2.27. The van der Waals surface area contributed by atoms with Crippen molar-refractivity contribution in [3.05, 3.63) is 0 Å². The fourth-order valence-electron chi connectivity index (χ4n) is 0.984. The summed E-state index contributed by atoms with van der Waals surface area (Å²) in [7, 11) is 0. The van der Waals surface area contributed by atoms with E-state index in [-0.39, 0.29) is 11.6 Å². The van der Waals surface area contributed by atoms with Crippen molar-refractivity contribution in [3.63, 3.8) is 0 Å². The Hall–Kier alpha value is -1.27. The van der Waals surface area contributed by atoms with Crippen LogP contribution >= 0.6 is 0 Å². The van der Waals surface area contributed by atoms with Gasteiger partial charge in [-0.05, 0) is 33.2 Å². The van der Waals surface area contributed by atoms with Gasteiger partial charge in [-0.2, -0.15) is 0 Å². The summed E-state index contributed by atoms with van der Waals surface area (Å²) >= 11 is 0. The summed E-state index contributed by atoms with van der Waals surface area (Å²) in [4.78, 5) is 30.5. The second-order valence-corrected chi connectivity index (χ2v) is 4.13. The van der Waals surface area contributed by atoms with E-state index in [9.17, 15) is 14.4 Å². The number of hydrogen-bond donors (Lipinski definition) is 3. The average molecular weight is 260 g/mol. The van der Waals surface area contributed by atoms with Crippen LogP contribution in [0.15, 0.2) is 0 Å². The van der Waals surface area contributed by atoms with Crippen molar-refractivity contribution >= 4 is 17.5 Å². The maximum Gasteiger partial charge on any atom is 0.320 e. The molecule has 0 bridgehead atoms. The molecule has 0 rings (SSSR count). The van der Waals surface area contributed by atoms with E-state index in [4.69, 9.17) is 16.6 Å². The van der Waals surface area contributed by atoms with Crippen molar-refractivity contribution in [2.45, 2.75) is 52.0 Å². The van der Waals surface area contributed by atoms with Gasteiger partial charge in [0, 0.05) is 12.8 Å². The molecule has 6 nitrogen and oxygen atoms in total. The molecule has 0 unspecified atom stereocenters. The molecule has 5 N–H and O–H groups in total. The van der Waals surface area contributed by atoms with Crippen LogP contribution in [-0.2, 0) is 14.4 Å². The molecule has 18 heavy (non-hydrogen) atoms. The van der Waals surface area contributed by atoms with Gasteiger partial charge in [0.25, 0.3) is 0 Å². The van der Waals surface area contributed by atoms with Gasteiger partial charge in [0.2, 0.25) is 0 Å². The highest BCUT2D eigenvalue weighted by atomic mass is 16.4. The molecule has 1 atom stereocenters. The number of carboxylic acids is 1. The highest BCUT2D eigenvalue weighted by Gasteiger charge is 2.09. The van der Waals surface area contributed by atoms with Crippen molar-refractivity contribution in [2.75, 3.05) is 6.54 Å². The molecule has 0 aliphatic carbocycles. The molecule has 0 aromatic heterocycles. The largest absolute Gasteiger partial charge is 0.480 e. The lowest BCUT2D eigenvalue weighted by Crippen LogP contribution is -2.29. The summed E-state index contributed by atoms with van der Waals surface area (Å²) in [6.45, 7) is 3.58. The van der Waals surface area contributed by atoms with Gasteiger partial charge in [-0.3, -0.25) is 4.79 Å². The van der Waals surface area contributed by atoms with Crippen LogP contribution in [0.1, 0.15) is 46.0 Å². The van der Waals surface area contributed by atoms with Crippen LogP contribution in [0.3, 0.4) is 0 Å². The Morgan fingerprint density at radius 1 is 1.06 bits per heavy atom. The van der Waals surface area contributed by atoms with Gasteiger partial charge >= 0.3 is 5.97 Å². The lowest BCUT2D eigenvalue weighted by Gasteiger charge is -2.03. The van der Waals surface area contributed by atoms with Gasteiger partial charge in [-0.1, -0.05) is 6.42 Å². The topological polar surface area (TPSA) is 123 Å². The highest BCUT2D eigenvalue weighted by molar-refractivity contribution is 5.83. The number of Topliss-reactive ketones (excluding diaryl/α,β-unsaturated/α-hetero) is 2. The predicted molar refractivity (Wildman–Crippen MR) is 69.1 cm³/mol. The van der Waals surface area contributed by atoms with Gasteiger partial charge in [-0.25, -0.2) is 0 Å². The van der Waals surface area contributed by atoms with E-state index in [1.165, 1.54) is 13.8 Å². The Morgan fingerprint density at radius 3 is 1.78 bits per heavy atom. The summed E-state index contributed by atoms with van der Waals surface area (Å²) < 4.78 is 0. The number of unbranched alkanes of at least 4 members (excludes halogenated alkanes) is 1. The van der Waals surface area contributed by atoms with Crippen LogP contribution in [-0.4, -0.2) is 35.2 Å². The van der Waals surface area contributed by atoms with Crippen molar-refractivity contribution in [3.8, 4) is 0 Å². The van der Waals surface area contributed by atoms with Crippen LogP contribution in [0, 0.1) is 0 Å². The second kappa shape index (κ2) is 12.2. The fraction of sp³-hybridized carbons (Fsp3) is 0.750. The second-order valence-electron chi connectivity index (χ2n) is 4.13. The standard InChI is InChI=1S/C6H14N2O2.C6H10O2/c7-4-2-1-3-5(8)6(9)10;1-5(7)3-4-6(2)8/h5H,1-4,7-8H2,(H,9,10);3-4H2,1-2H3/t5-;/m0./s1. The minimum atomic E-state index is -0.933. The zero-order valence-electron chi connectivity index (χ0n) is 11.1. The van der Waals surface area contributed by atoms with Crippen LogP contribution in [0.5, 0.6) is 0 Å². The number of rotatable bonds is 8. The van der Waals surface area contributed by atoms with E-state index < -0.39 is 12.0 Å². The third-order valence-corrected chi connectivity index (χ3v) is 2.12. The summed E-state index contributed by atoms with van der Waals surface area (Å²) in [5.74, 6) is -0.766. The van der Waals surface area contributed by atoms with Crippen LogP contribution < -0.4 is 11.5 Å². The van der Waals surface area contributed by atoms with Gasteiger partial charge in [0.1, 0.15) is 17.6 Å². The molecule has 0 spiro atoms. The van der Waals surface area contributed by atoms with Gasteiger partial charge in [0.05, 0.1) is 0 Å². The zero-order valence-corrected chi connectivity index (χ0v) is 11.1. The van der Waals surface area contributed by atoms with E-state index in [2.05, 4.69) is 0 Å².